The van der Waals surface area contributed by atoms with Crippen molar-refractivity contribution in [2.45, 2.75) is 26.2 Å². The van der Waals surface area contributed by atoms with Crippen molar-refractivity contribution >= 4 is 23.2 Å². The summed E-state index contributed by atoms with van der Waals surface area (Å²) in [6, 6.07) is 8.73. The van der Waals surface area contributed by atoms with Gasteiger partial charge in [-0.05, 0) is 56.5 Å². The Morgan fingerprint density at radius 1 is 1.08 bits per heavy atom. The van der Waals surface area contributed by atoms with Gasteiger partial charge in [0.25, 0.3) is 5.91 Å². The number of anilines is 2. The van der Waals surface area contributed by atoms with Crippen LogP contribution < -0.4 is 16.0 Å². The predicted molar refractivity (Wildman–Crippen MR) is 98.0 cm³/mol. The number of aromatic nitrogens is 1. The predicted octanol–water partition coefficient (Wildman–Crippen LogP) is 2.73. The molecule has 1 aromatic carbocycles. The summed E-state index contributed by atoms with van der Waals surface area (Å²) in [6.07, 6.45) is 5.00. The summed E-state index contributed by atoms with van der Waals surface area (Å²) >= 11 is 0. The molecular formula is C19H22N4O2. The van der Waals surface area contributed by atoms with E-state index in [1.807, 2.05) is 13.0 Å². The summed E-state index contributed by atoms with van der Waals surface area (Å²) in [5, 5.41) is 2.91. The third kappa shape index (κ3) is 3.96. The number of benzene rings is 1. The lowest BCUT2D eigenvalue weighted by Crippen LogP contribution is -2.30. The largest absolute Gasteiger partial charge is 0.370 e. The van der Waals surface area contributed by atoms with Crippen molar-refractivity contribution in [3.05, 3.63) is 53.3 Å². The van der Waals surface area contributed by atoms with Gasteiger partial charge in [-0.1, -0.05) is 0 Å². The number of aryl methyl sites for hydroxylation is 1. The summed E-state index contributed by atoms with van der Waals surface area (Å²) in [4.78, 5) is 30.5. The molecule has 6 nitrogen and oxygen atoms in total. The Kier molecular flexibility index (Phi) is 4.97. The summed E-state index contributed by atoms with van der Waals surface area (Å²) in [5.41, 5.74) is 8.60. The summed E-state index contributed by atoms with van der Waals surface area (Å²) in [7, 11) is 0. The number of primary amides is 1. The van der Waals surface area contributed by atoms with Crippen LogP contribution in [0.3, 0.4) is 0 Å². The standard InChI is InChI=1S/C19H22N4O2/c1-13-5-6-15(12-21-13)19(25)22-16-11-14(18(20)24)7-8-17(16)23-9-3-2-4-10-23/h5-8,11-12H,2-4,9-10H2,1H3,(H2,20,24)(H,22,25). The van der Waals surface area contributed by atoms with Gasteiger partial charge >= 0.3 is 0 Å². The van der Waals surface area contributed by atoms with E-state index in [0.29, 0.717) is 16.8 Å². The number of amides is 2. The fourth-order valence-corrected chi connectivity index (χ4v) is 3.00. The van der Waals surface area contributed by atoms with E-state index in [0.717, 1.165) is 37.3 Å². The molecule has 6 heteroatoms. The maximum absolute atomic E-state index is 12.6. The van der Waals surface area contributed by atoms with Gasteiger partial charge in [0.2, 0.25) is 5.91 Å². The highest BCUT2D eigenvalue weighted by Crippen LogP contribution is 2.30. The van der Waals surface area contributed by atoms with Crippen molar-refractivity contribution in [2.24, 2.45) is 5.73 Å². The topological polar surface area (TPSA) is 88.3 Å². The quantitative estimate of drug-likeness (QED) is 0.897. The van der Waals surface area contributed by atoms with Crippen LogP contribution in [0.25, 0.3) is 0 Å². The lowest BCUT2D eigenvalue weighted by Gasteiger charge is -2.30. The number of piperidine rings is 1. The van der Waals surface area contributed by atoms with Gasteiger partial charge in [0.15, 0.2) is 0 Å². The van der Waals surface area contributed by atoms with Gasteiger partial charge in [-0.2, -0.15) is 0 Å². The van der Waals surface area contributed by atoms with E-state index < -0.39 is 5.91 Å². The van der Waals surface area contributed by atoms with E-state index in [1.165, 1.54) is 6.42 Å². The Bertz CT molecular complexity index is 781. The number of carbonyl (C=O) groups is 2. The van der Waals surface area contributed by atoms with E-state index >= 15 is 0 Å². The molecule has 1 aromatic heterocycles. The molecule has 0 saturated carbocycles. The minimum atomic E-state index is -0.516. The highest BCUT2D eigenvalue weighted by Gasteiger charge is 2.18. The van der Waals surface area contributed by atoms with Crippen LogP contribution in [-0.2, 0) is 0 Å². The minimum Gasteiger partial charge on any atom is -0.370 e. The molecular weight excluding hydrogens is 316 g/mol. The monoisotopic (exact) mass is 338 g/mol. The van der Waals surface area contributed by atoms with Gasteiger partial charge in [0.1, 0.15) is 0 Å². The van der Waals surface area contributed by atoms with Crippen LogP contribution in [0.1, 0.15) is 45.7 Å². The fourth-order valence-electron chi connectivity index (χ4n) is 3.00. The van der Waals surface area contributed by atoms with Crippen LogP contribution in [0.4, 0.5) is 11.4 Å². The number of carbonyl (C=O) groups excluding carboxylic acids is 2. The highest BCUT2D eigenvalue weighted by molar-refractivity contribution is 6.06. The summed E-state index contributed by atoms with van der Waals surface area (Å²) in [6.45, 7) is 3.74. The normalized spacial score (nSPS) is 14.2. The maximum Gasteiger partial charge on any atom is 0.257 e. The zero-order valence-electron chi connectivity index (χ0n) is 14.3. The molecule has 2 amide bonds. The van der Waals surface area contributed by atoms with Gasteiger partial charge in [0, 0.05) is 30.5 Å². The van der Waals surface area contributed by atoms with E-state index in [-0.39, 0.29) is 5.91 Å². The second-order valence-corrected chi connectivity index (χ2v) is 6.29. The van der Waals surface area contributed by atoms with Crippen LogP contribution in [-0.4, -0.2) is 29.9 Å². The Labute approximate surface area is 147 Å². The zero-order valence-corrected chi connectivity index (χ0v) is 14.3. The molecule has 1 saturated heterocycles. The SMILES string of the molecule is Cc1ccc(C(=O)Nc2cc(C(N)=O)ccc2N2CCCCC2)cn1. The highest BCUT2D eigenvalue weighted by atomic mass is 16.2. The summed E-state index contributed by atoms with van der Waals surface area (Å²) < 4.78 is 0. The molecule has 0 bridgehead atoms. The van der Waals surface area contributed by atoms with Crippen LogP contribution in [0.2, 0.25) is 0 Å². The Hall–Kier alpha value is -2.89. The molecule has 0 spiro atoms. The molecule has 2 heterocycles. The number of hydrogen-bond donors (Lipinski definition) is 2. The first-order valence-electron chi connectivity index (χ1n) is 8.47. The first-order chi connectivity index (χ1) is 12.0. The number of pyridine rings is 1. The molecule has 1 aliphatic heterocycles. The molecule has 2 aromatic rings. The van der Waals surface area contributed by atoms with Crippen molar-refractivity contribution < 1.29 is 9.59 Å². The lowest BCUT2D eigenvalue weighted by molar-refractivity contribution is 0.0996. The Morgan fingerprint density at radius 3 is 2.44 bits per heavy atom. The third-order valence-electron chi connectivity index (χ3n) is 4.40. The van der Waals surface area contributed by atoms with Gasteiger partial charge in [-0.3, -0.25) is 14.6 Å². The van der Waals surface area contributed by atoms with Gasteiger partial charge in [0.05, 0.1) is 16.9 Å². The van der Waals surface area contributed by atoms with Crippen LogP contribution in [0, 0.1) is 6.92 Å². The third-order valence-corrected chi connectivity index (χ3v) is 4.40. The second kappa shape index (κ2) is 7.34. The number of hydrogen-bond acceptors (Lipinski definition) is 4. The van der Waals surface area contributed by atoms with Gasteiger partial charge in [-0.15, -0.1) is 0 Å². The Balaban J connectivity index is 1.91. The Morgan fingerprint density at radius 2 is 1.80 bits per heavy atom. The average Bonchev–Trinajstić information content (AvgIpc) is 2.63. The lowest BCUT2D eigenvalue weighted by atomic mass is 10.1. The molecule has 0 unspecified atom stereocenters. The van der Waals surface area contributed by atoms with E-state index in [2.05, 4.69) is 15.2 Å². The molecule has 3 N–H and O–H groups in total. The molecule has 0 radical (unpaired) electrons. The van der Waals surface area contributed by atoms with Crippen LogP contribution in [0.5, 0.6) is 0 Å². The number of nitrogens with one attached hydrogen (secondary N) is 1. The molecule has 0 atom stereocenters. The molecule has 0 aliphatic carbocycles. The first kappa shape index (κ1) is 17.0. The minimum absolute atomic E-state index is 0.257. The van der Waals surface area contributed by atoms with Crippen LogP contribution in [0.15, 0.2) is 36.5 Å². The molecule has 130 valence electrons. The fraction of sp³-hybridized carbons (Fsp3) is 0.316. The van der Waals surface area contributed by atoms with E-state index in [9.17, 15) is 9.59 Å². The van der Waals surface area contributed by atoms with Crippen molar-refractivity contribution in [3.63, 3.8) is 0 Å². The summed E-state index contributed by atoms with van der Waals surface area (Å²) in [5.74, 6) is -0.773. The van der Waals surface area contributed by atoms with Gasteiger partial charge < -0.3 is 16.0 Å². The smallest absolute Gasteiger partial charge is 0.257 e. The number of nitrogens with two attached hydrogens (primary N) is 1. The van der Waals surface area contributed by atoms with Crippen molar-refractivity contribution in [3.8, 4) is 0 Å². The number of nitrogens with zero attached hydrogens (tertiary/aromatic N) is 2. The molecule has 1 aliphatic rings. The van der Waals surface area contributed by atoms with E-state index in [1.54, 1.807) is 30.5 Å². The number of rotatable bonds is 4. The van der Waals surface area contributed by atoms with Gasteiger partial charge in [-0.25, -0.2) is 0 Å². The van der Waals surface area contributed by atoms with Crippen molar-refractivity contribution in [2.75, 3.05) is 23.3 Å². The van der Waals surface area contributed by atoms with Crippen molar-refractivity contribution in [1.82, 2.24) is 4.98 Å². The molecule has 25 heavy (non-hydrogen) atoms. The molecule has 3 rings (SSSR count). The second-order valence-electron chi connectivity index (χ2n) is 6.29. The van der Waals surface area contributed by atoms with E-state index in [4.69, 9.17) is 5.73 Å². The van der Waals surface area contributed by atoms with Crippen molar-refractivity contribution in [1.29, 1.82) is 0 Å². The zero-order chi connectivity index (χ0) is 17.8. The average molecular weight is 338 g/mol. The maximum atomic E-state index is 12.6. The van der Waals surface area contributed by atoms with Crippen LogP contribution >= 0.6 is 0 Å². The first-order valence-corrected chi connectivity index (χ1v) is 8.47. The molecule has 1 fully saturated rings.